The van der Waals surface area contributed by atoms with E-state index in [1.165, 1.54) is 16.7 Å². The van der Waals surface area contributed by atoms with Gasteiger partial charge < -0.3 is 9.64 Å². The average molecular weight is 380 g/mol. The van der Waals surface area contributed by atoms with Crippen LogP contribution in [0.3, 0.4) is 0 Å². The maximum Gasteiger partial charge on any atom is 0.267 e. The predicted molar refractivity (Wildman–Crippen MR) is 109 cm³/mol. The molecule has 3 aliphatic rings. The third-order valence-corrected chi connectivity index (χ3v) is 6.68. The molecule has 0 amide bonds. The van der Waals surface area contributed by atoms with Crippen molar-refractivity contribution in [2.75, 3.05) is 26.2 Å². The van der Waals surface area contributed by atoms with Gasteiger partial charge in [0.15, 0.2) is 0 Å². The first-order valence-corrected chi connectivity index (χ1v) is 10.8. The molecule has 148 valence electrons. The SMILES string of the molecule is O=c1cc2c(nn1CC1CCN(CC3OCCc4ccccc43)CC1)CCC2. The lowest BCUT2D eigenvalue weighted by Crippen LogP contribution is -2.40. The van der Waals surface area contributed by atoms with Crippen molar-refractivity contribution < 1.29 is 4.74 Å². The fourth-order valence-corrected chi connectivity index (χ4v) is 5.03. The van der Waals surface area contributed by atoms with Crippen LogP contribution in [0.25, 0.3) is 0 Å². The van der Waals surface area contributed by atoms with Crippen LogP contribution < -0.4 is 5.56 Å². The Labute approximate surface area is 166 Å². The Morgan fingerprint density at radius 1 is 1.04 bits per heavy atom. The minimum atomic E-state index is 0.0790. The van der Waals surface area contributed by atoms with E-state index in [1.54, 1.807) is 4.68 Å². The first-order valence-electron chi connectivity index (χ1n) is 10.8. The number of likely N-dealkylation sites (tertiary alicyclic amines) is 1. The number of aromatic nitrogens is 2. The van der Waals surface area contributed by atoms with Gasteiger partial charge in [0, 0.05) is 19.2 Å². The summed E-state index contributed by atoms with van der Waals surface area (Å²) in [5.74, 6) is 0.542. The Bertz CT molecular complexity index is 899. The molecule has 0 bridgehead atoms. The first kappa shape index (κ1) is 18.1. The lowest BCUT2D eigenvalue weighted by molar-refractivity contribution is 0.00781. The summed E-state index contributed by atoms with van der Waals surface area (Å²) in [6, 6.07) is 10.5. The Morgan fingerprint density at radius 2 is 1.89 bits per heavy atom. The number of fused-ring (bicyclic) bond motifs is 2. The largest absolute Gasteiger partial charge is 0.372 e. The van der Waals surface area contributed by atoms with Crippen LogP contribution in [0.5, 0.6) is 0 Å². The van der Waals surface area contributed by atoms with E-state index in [4.69, 9.17) is 4.74 Å². The molecule has 5 nitrogen and oxygen atoms in total. The molecule has 3 heterocycles. The molecule has 1 saturated heterocycles. The average Bonchev–Trinajstić information content (AvgIpc) is 3.17. The van der Waals surface area contributed by atoms with Crippen molar-refractivity contribution in [3.63, 3.8) is 0 Å². The molecule has 1 unspecified atom stereocenters. The van der Waals surface area contributed by atoms with Gasteiger partial charge in [0.1, 0.15) is 0 Å². The van der Waals surface area contributed by atoms with Crippen LogP contribution in [0, 0.1) is 5.92 Å². The Balaban J connectivity index is 1.18. The second-order valence-corrected chi connectivity index (χ2v) is 8.54. The molecule has 1 atom stereocenters. The molecule has 28 heavy (non-hydrogen) atoms. The number of hydrogen-bond acceptors (Lipinski definition) is 4. The van der Waals surface area contributed by atoms with Crippen molar-refractivity contribution in [2.24, 2.45) is 5.92 Å². The van der Waals surface area contributed by atoms with Gasteiger partial charge in [-0.1, -0.05) is 24.3 Å². The van der Waals surface area contributed by atoms with Gasteiger partial charge in [0.25, 0.3) is 5.56 Å². The smallest absolute Gasteiger partial charge is 0.267 e. The van der Waals surface area contributed by atoms with Crippen LogP contribution in [-0.4, -0.2) is 40.9 Å². The molecule has 1 aromatic carbocycles. The molecule has 2 aliphatic heterocycles. The molecule has 0 saturated carbocycles. The lowest BCUT2D eigenvalue weighted by atomic mass is 9.94. The number of aryl methyl sites for hydroxylation is 2. The molecule has 5 rings (SSSR count). The quantitative estimate of drug-likeness (QED) is 0.820. The topological polar surface area (TPSA) is 47.4 Å². The minimum absolute atomic E-state index is 0.0790. The van der Waals surface area contributed by atoms with Gasteiger partial charge in [-0.25, -0.2) is 4.68 Å². The molecule has 1 aromatic heterocycles. The van der Waals surface area contributed by atoms with Crippen LogP contribution in [-0.2, 0) is 30.5 Å². The van der Waals surface area contributed by atoms with E-state index in [2.05, 4.69) is 34.3 Å². The van der Waals surface area contributed by atoms with Crippen LogP contribution in [0.2, 0.25) is 0 Å². The normalized spacial score (nSPS) is 22.8. The Morgan fingerprint density at radius 3 is 2.79 bits per heavy atom. The first-order chi connectivity index (χ1) is 13.8. The highest BCUT2D eigenvalue weighted by Gasteiger charge is 2.26. The van der Waals surface area contributed by atoms with Crippen molar-refractivity contribution in [3.8, 4) is 0 Å². The van der Waals surface area contributed by atoms with E-state index in [0.717, 1.165) is 77.0 Å². The zero-order chi connectivity index (χ0) is 18.9. The summed E-state index contributed by atoms with van der Waals surface area (Å²) in [6.07, 6.45) is 6.65. The maximum absolute atomic E-state index is 12.4. The van der Waals surface area contributed by atoms with Crippen LogP contribution in [0.1, 0.15) is 47.8 Å². The summed E-state index contributed by atoms with van der Waals surface area (Å²) in [5.41, 5.74) is 5.20. The van der Waals surface area contributed by atoms with E-state index in [9.17, 15) is 4.79 Å². The fourth-order valence-electron chi connectivity index (χ4n) is 5.03. The van der Waals surface area contributed by atoms with E-state index in [0.29, 0.717) is 5.92 Å². The second kappa shape index (κ2) is 7.80. The maximum atomic E-state index is 12.4. The highest BCUT2D eigenvalue weighted by atomic mass is 16.5. The lowest BCUT2D eigenvalue weighted by Gasteiger charge is -2.36. The zero-order valence-corrected chi connectivity index (χ0v) is 16.5. The molecule has 0 radical (unpaired) electrons. The van der Waals surface area contributed by atoms with Gasteiger partial charge in [-0.2, -0.15) is 5.10 Å². The van der Waals surface area contributed by atoms with Gasteiger partial charge in [0.05, 0.1) is 18.4 Å². The van der Waals surface area contributed by atoms with Crippen molar-refractivity contribution in [1.29, 1.82) is 0 Å². The van der Waals surface area contributed by atoms with Crippen molar-refractivity contribution in [2.45, 2.75) is 51.2 Å². The number of rotatable bonds is 4. The third-order valence-electron chi connectivity index (χ3n) is 6.68. The molecular formula is C23H29N3O2. The fraction of sp³-hybridized carbons (Fsp3) is 0.565. The van der Waals surface area contributed by atoms with Gasteiger partial charge in [-0.15, -0.1) is 0 Å². The number of benzene rings is 1. The highest BCUT2D eigenvalue weighted by Crippen LogP contribution is 2.29. The minimum Gasteiger partial charge on any atom is -0.372 e. The van der Waals surface area contributed by atoms with Gasteiger partial charge in [0.2, 0.25) is 0 Å². The van der Waals surface area contributed by atoms with Gasteiger partial charge >= 0.3 is 0 Å². The molecule has 5 heteroatoms. The van der Waals surface area contributed by atoms with Crippen LogP contribution in [0.4, 0.5) is 0 Å². The Kier molecular flexibility index (Phi) is 5.03. The van der Waals surface area contributed by atoms with Gasteiger partial charge in [-0.3, -0.25) is 4.79 Å². The van der Waals surface area contributed by atoms with E-state index in [1.807, 2.05) is 6.07 Å². The van der Waals surface area contributed by atoms with E-state index in [-0.39, 0.29) is 11.7 Å². The number of hydrogen-bond donors (Lipinski definition) is 0. The summed E-state index contributed by atoms with van der Waals surface area (Å²) in [6.45, 7) is 4.72. The molecular weight excluding hydrogens is 350 g/mol. The third kappa shape index (κ3) is 3.65. The predicted octanol–water partition coefficient (Wildman–Crippen LogP) is 2.76. The monoisotopic (exact) mass is 379 g/mol. The molecule has 0 spiro atoms. The van der Waals surface area contributed by atoms with E-state index >= 15 is 0 Å². The van der Waals surface area contributed by atoms with Gasteiger partial charge in [-0.05, 0) is 74.2 Å². The second-order valence-electron chi connectivity index (χ2n) is 8.54. The summed E-state index contributed by atoms with van der Waals surface area (Å²) in [7, 11) is 0. The van der Waals surface area contributed by atoms with Crippen LogP contribution in [0.15, 0.2) is 35.1 Å². The molecule has 1 fully saturated rings. The zero-order valence-electron chi connectivity index (χ0n) is 16.5. The summed E-state index contributed by atoms with van der Waals surface area (Å²) in [5, 5.41) is 4.66. The van der Waals surface area contributed by atoms with E-state index < -0.39 is 0 Å². The highest BCUT2D eigenvalue weighted by molar-refractivity contribution is 5.31. The summed E-state index contributed by atoms with van der Waals surface area (Å²) >= 11 is 0. The Hall–Kier alpha value is -1.98. The summed E-state index contributed by atoms with van der Waals surface area (Å²) in [4.78, 5) is 14.9. The molecule has 0 N–H and O–H groups in total. The number of nitrogens with zero attached hydrogens (tertiary/aromatic N) is 3. The van der Waals surface area contributed by atoms with Crippen molar-refractivity contribution in [1.82, 2.24) is 14.7 Å². The summed E-state index contributed by atoms with van der Waals surface area (Å²) < 4.78 is 7.82. The number of ether oxygens (including phenoxy) is 1. The van der Waals surface area contributed by atoms with Crippen molar-refractivity contribution >= 4 is 0 Å². The molecule has 1 aliphatic carbocycles. The standard InChI is InChI=1S/C23H29N3O2/c27-23-14-19-5-3-7-21(19)24-26(23)15-17-8-11-25(12-9-17)16-22-20-6-2-1-4-18(20)10-13-28-22/h1-2,4,6,14,17,22H,3,5,7-13,15-16H2. The van der Waals surface area contributed by atoms with Crippen molar-refractivity contribution in [3.05, 3.63) is 63.1 Å². The van der Waals surface area contributed by atoms with Crippen LogP contribution >= 0.6 is 0 Å². The molecule has 2 aromatic rings. The number of piperidine rings is 1.